The Balaban J connectivity index is 1.88. The molecule has 112 valence electrons. The Morgan fingerprint density at radius 2 is 1.77 bits per heavy atom. The van der Waals surface area contributed by atoms with Crippen molar-refractivity contribution in [2.45, 2.75) is 0 Å². The first-order valence-corrected chi connectivity index (χ1v) is 6.48. The molecule has 0 heterocycles. The maximum Gasteiger partial charge on any atom is 0.341 e. The zero-order chi connectivity index (χ0) is 15.8. The highest BCUT2D eigenvalue weighted by atomic mass is 16.5. The maximum atomic E-state index is 11.7. The Labute approximate surface area is 127 Å². The first kappa shape index (κ1) is 15.2. The average molecular weight is 298 g/mol. The van der Waals surface area contributed by atoms with Gasteiger partial charge in [-0.3, -0.25) is 4.79 Å². The first-order valence-electron chi connectivity index (χ1n) is 6.48. The number of carboxylic acids is 1. The molecule has 0 aliphatic heterocycles. The number of aliphatic carboxylic acids is 1. The molecule has 1 amide bonds. The summed E-state index contributed by atoms with van der Waals surface area (Å²) in [5.74, 6) is -0.875. The first-order chi connectivity index (χ1) is 10.6. The molecule has 0 atom stereocenters. The van der Waals surface area contributed by atoms with Crippen molar-refractivity contribution in [3.63, 3.8) is 0 Å². The number of hydrazone groups is 1. The molecule has 0 radical (unpaired) electrons. The van der Waals surface area contributed by atoms with E-state index in [1.807, 2.05) is 6.07 Å². The van der Waals surface area contributed by atoms with Gasteiger partial charge in [0.15, 0.2) is 6.61 Å². The van der Waals surface area contributed by atoms with Gasteiger partial charge in [0.05, 0.1) is 6.21 Å². The molecule has 0 unspecified atom stereocenters. The number of carboxylic acid groups (broad SMARTS) is 1. The molecular formula is C16H14N2O4. The summed E-state index contributed by atoms with van der Waals surface area (Å²) in [4.78, 5) is 22.1. The van der Waals surface area contributed by atoms with E-state index >= 15 is 0 Å². The second kappa shape index (κ2) is 7.58. The molecule has 22 heavy (non-hydrogen) atoms. The van der Waals surface area contributed by atoms with E-state index in [9.17, 15) is 9.59 Å². The lowest BCUT2D eigenvalue weighted by Gasteiger charge is -2.02. The summed E-state index contributed by atoms with van der Waals surface area (Å²) >= 11 is 0. The molecule has 0 aromatic heterocycles. The molecule has 2 aromatic carbocycles. The lowest BCUT2D eigenvalue weighted by Crippen LogP contribution is -2.17. The van der Waals surface area contributed by atoms with Crippen molar-refractivity contribution in [2.24, 2.45) is 5.10 Å². The van der Waals surface area contributed by atoms with E-state index in [-0.39, 0.29) is 12.5 Å². The van der Waals surface area contributed by atoms with Gasteiger partial charge in [0.25, 0.3) is 5.91 Å². The highest BCUT2D eigenvalue weighted by molar-refractivity contribution is 5.94. The summed E-state index contributed by atoms with van der Waals surface area (Å²) in [6.45, 7) is -0.388. The van der Waals surface area contributed by atoms with Gasteiger partial charge in [-0.05, 0) is 42.0 Å². The Morgan fingerprint density at radius 3 is 2.41 bits per heavy atom. The van der Waals surface area contributed by atoms with Crippen molar-refractivity contribution in [3.8, 4) is 5.75 Å². The summed E-state index contributed by atoms with van der Waals surface area (Å²) in [6.07, 6.45) is 1.49. The van der Waals surface area contributed by atoms with E-state index in [0.29, 0.717) is 11.3 Å². The largest absolute Gasteiger partial charge is 0.482 e. The van der Waals surface area contributed by atoms with Crippen LogP contribution in [0.1, 0.15) is 15.9 Å². The Bertz CT molecular complexity index is 666. The van der Waals surface area contributed by atoms with Crippen LogP contribution in [0, 0.1) is 0 Å². The predicted molar refractivity (Wildman–Crippen MR) is 81.1 cm³/mol. The third-order valence-electron chi connectivity index (χ3n) is 2.66. The number of hydrogen-bond donors (Lipinski definition) is 2. The summed E-state index contributed by atoms with van der Waals surface area (Å²) in [5.41, 5.74) is 3.70. The standard InChI is InChI=1S/C16H14N2O4/c19-15(20)11-22-14-8-6-12(7-9-14)10-17-18-16(21)13-4-2-1-3-5-13/h1-10H,11H2,(H,18,21)(H,19,20)/b17-10+. The van der Waals surface area contributed by atoms with E-state index in [4.69, 9.17) is 9.84 Å². The highest BCUT2D eigenvalue weighted by Crippen LogP contribution is 2.10. The topological polar surface area (TPSA) is 88.0 Å². The number of benzene rings is 2. The predicted octanol–water partition coefficient (Wildman–Crippen LogP) is 1.91. The van der Waals surface area contributed by atoms with Crippen molar-refractivity contribution in [3.05, 3.63) is 65.7 Å². The molecule has 0 saturated carbocycles. The molecule has 2 aromatic rings. The van der Waals surface area contributed by atoms with E-state index in [1.165, 1.54) is 6.21 Å². The highest BCUT2D eigenvalue weighted by Gasteiger charge is 2.02. The normalized spacial score (nSPS) is 10.4. The van der Waals surface area contributed by atoms with Crippen LogP contribution in [0.15, 0.2) is 59.7 Å². The molecule has 0 saturated heterocycles. The molecule has 0 bridgehead atoms. The number of amides is 1. The number of rotatable bonds is 6. The molecule has 0 spiro atoms. The van der Waals surface area contributed by atoms with Crippen LogP contribution >= 0.6 is 0 Å². The molecule has 0 fully saturated rings. The second-order valence-corrected chi connectivity index (χ2v) is 4.32. The van der Waals surface area contributed by atoms with Crippen molar-refractivity contribution in [1.82, 2.24) is 5.43 Å². The summed E-state index contributed by atoms with van der Waals surface area (Å²) in [5, 5.41) is 12.4. The van der Waals surface area contributed by atoms with Gasteiger partial charge in [0, 0.05) is 5.56 Å². The van der Waals surface area contributed by atoms with Crippen molar-refractivity contribution in [1.29, 1.82) is 0 Å². The fourth-order valence-corrected chi connectivity index (χ4v) is 1.61. The Morgan fingerprint density at radius 1 is 1.09 bits per heavy atom. The van der Waals surface area contributed by atoms with E-state index < -0.39 is 5.97 Å². The number of carbonyl (C=O) groups excluding carboxylic acids is 1. The van der Waals surface area contributed by atoms with Gasteiger partial charge in [0.2, 0.25) is 0 Å². The maximum absolute atomic E-state index is 11.7. The zero-order valence-electron chi connectivity index (χ0n) is 11.6. The minimum Gasteiger partial charge on any atom is -0.482 e. The van der Waals surface area contributed by atoms with Crippen molar-refractivity contribution in [2.75, 3.05) is 6.61 Å². The smallest absolute Gasteiger partial charge is 0.341 e. The van der Waals surface area contributed by atoms with Crippen LogP contribution < -0.4 is 10.2 Å². The summed E-state index contributed by atoms with van der Waals surface area (Å²) in [6, 6.07) is 15.4. The van der Waals surface area contributed by atoms with Crippen LogP contribution in [0.3, 0.4) is 0 Å². The third-order valence-corrected chi connectivity index (χ3v) is 2.66. The van der Waals surface area contributed by atoms with Gasteiger partial charge in [-0.25, -0.2) is 10.2 Å². The third kappa shape index (κ3) is 4.75. The Hall–Kier alpha value is -3.15. The number of carbonyl (C=O) groups is 2. The Kier molecular flexibility index (Phi) is 5.25. The van der Waals surface area contributed by atoms with Crippen LogP contribution in [0.5, 0.6) is 5.75 Å². The summed E-state index contributed by atoms with van der Waals surface area (Å²) in [7, 11) is 0. The summed E-state index contributed by atoms with van der Waals surface area (Å²) < 4.78 is 5.01. The number of nitrogens with one attached hydrogen (secondary N) is 1. The van der Waals surface area contributed by atoms with Gasteiger partial charge in [-0.2, -0.15) is 5.10 Å². The minimum absolute atomic E-state index is 0.293. The van der Waals surface area contributed by atoms with Crippen LogP contribution in [0.2, 0.25) is 0 Å². The average Bonchev–Trinajstić information content (AvgIpc) is 2.55. The van der Waals surface area contributed by atoms with Gasteiger partial charge >= 0.3 is 5.97 Å². The van der Waals surface area contributed by atoms with Crippen LogP contribution in [-0.4, -0.2) is 29.8 Å². The lowest BCUT2D eigenvalue weighted by atomic mass is 10.2. The van der Waals surface area contributed by atoms with Crippen LogP contribution in [0.4, 0.5) is 0 Å². The lowest BCUT2D eigenvalue weighted by molar-refractivity contribution is -0.139. The van der Waals surface area contributed by atoms with E-state index in [2.05, 4.69) is 10.5 Å². The van der Waals surface area contributed by atoms with Gasteiger partial charge in [-0.1, -0.05) is 18.2 Å². The van der Waals surface area contributed by atoms with Crippen molar-refractivity contribution < 1.29 is 19.4 Å². The molecule has 6 heteroatoms. The zero-order valence-corrected chi connectivity index (χ0v) is 11.6. The molecule has 2 rings (SSSR count). The van der Waals surface area contributed by atoms with E-state index in [1.54, 1.807) is 48.5 Å². The molecule has 2 N–H and O–H groups in total. The number of hydrogen-bond acceptors (Lipinski definition) is 4. The van der Waals surface area contributed by atoms with Crippen LogP contribution in [-0.2, 0) is 4.79 Å². The monoisotopic (exact) mass is 298 g/mol. The molecular weight excluding hydrogens is 284 g/mol. The van der Waals surface area contributed by atoms with E-state index in [0.717, 1.165) is 5.56 Å². The molecule has 6 nitrogen and oxygen atoms in total. The van der Waals surface area contributed by atoms with Gasteiger partial charge < -0.3 is 9.84 Å². The number of ether oxygens (including phenoxy) is 1. The molecule has 0 aliphatic carbocycles. The fourth-order valence-electron chi connectivity index (χ4n) is 1.61. The quantitative estimate of drug-likeness (QED) is 0.630. The van der Waals surface area contributed by atoms with Crippen molar-refractivity contribution >= 4 is 18.1 Å². The number of nitrogens with zero attached hydrogens (tertiary/aromatic N) is 1. The molecule has 0 aliphatic rings. The second-order valence-electron chi connectivity index (χ2n) is 4.32. The minimum atomic E-state index is -1.03. The van der Waals surface area contributed by atoms with Crippen LogP contribution in [0.25, 0.3) is 0 Å². The fraction of sp³-hybridized carbons (Fsp3) is 0.0625. The van der Waals surface area contributed by atoms with Gasteiger partial charge in [0.1, 0.15) is 5.75 Å². The van der Waals surface area contributed by atoms with Gasteiger partial charge in [-0.15, -0.1) is 0 Å². The SMILES string of the molecule is O=C(O)COc1ccc(/C=N/NC(=O)c2ccccc2)cc1.